The van der Waals surface area contributed by atoms with Gasteiger partial charge in [-0.2, -0.15) is 0 Å². The zero-order valence-electron chi connectivity index (χ0n) is 13.0. The molecule has 120 valence electrons. The molecule has 1 fully saturated rings. The third kappa shape index (κ3) is 3.88. The van der Waals surface area contributed by atoms with Gasteiger partial charge in [-0.3, -0.25) is 4.79 Å². The number of benzene rings is 1. The molecule has 1 saturated carbocycles. The Kier molecular flexibility index (Phi) is 5.13. The summed E-state index contributed by atoms with van der Waals surface area (Å²) >= 11 is 1.54. The summed E-state index contributed by atoms with van der Waals surface area (Å²) in [6.07, 6.45) is 4.85. The van der Waals surface area contributed by atoms with Crippen LogP contribution in [0.15, 0.2) is 23.1 Å². The molecule has 3 rings (SSSR count). The van der Waals surface area contributed by atoms with E-state index in [9.17, 15) is 4.79 Å². The van der Waals surface area contributed by atoms with Crippen LogP contribution in [0, 0.1) is 5.92 Å². The Hall–Kier alpha value is -1.36. The highest BCUT2D eigenvalue weighted by atomic mass is 32.2. The monoisotopic (exact) mass is 321 g/mol. The molecule has 1 aromatic carbocycles. The second kappa shape index (κ2) is 7.27. The third-order valence-electron chi connectivity index (χ3n) is 4.34. The van der Waals surface area contributed by atoms with E-state index in [1.807, 2.05) is 18.2 Å². The molecule has 1 amide bonds. The lowest BCUT2D eigenvalue weighted by Crippen LogP contribution is -2.41. The normalized spacial score (nSPS) is 23.9. The summed E-state index contributed by atoms with van der Waals surface area (Å²) in [6.45, 7) is 3.42. The Morgan fingerprint density at radius 2 is 2.00 bits per heavy atom. The van der Waals surface area contributed by atoms with E-state index in [1.165, 1.54) is 19.3 Å². The molecule has 1 aliphatic heterocycles. The highest BCUT2D eigenvalue weighted by molar-refractivity contribution is 8.00. The van der Waals surface area contributed by atoms with E-state index in [-0.39, 0.29) is 5.91 Å². The Balaban J connectivity index is 1.50. The fourth-order valence-corrected chi connectivity index (χ4v) is 3.78. The van der Waals surface area contributed by atoms with Gasteiger partial charge in [-0.25, -0.2) is 0 Å². The summed E-state index contributed by atoms with van der Waals surface area (Å²) in [5, 5.41) is 3.19. The average molecular weight is 321 g/mol. The molecule has 1 heterocycles. The number of ether oxygens (including phenoxy) is 2. The van der Waals surface area contributed by atoms with E-state index >= 15 is 0 Å². The number of carbonyl (C=O) groups is 1. The topological polar surface area (TPSA) is 47.6 Å². The summed E-state index contributed by atoms with van der Waals surface area (Å²) in [6, 6.07) is 6.20. The van der Waals surface area contributed by atoms with Crippen molar-refractivity contribution < 1.29 is 14.3 Å². The summed E-state index contributed by atoms with van der Waals surface area (Å²) in [7, 11) is 0. The van der Waals surface area contributed by atoms with Crippen LogP contribution in [0.1, 0.15) is 32.6 Å². The van der Waals surface area contributed by atoms with Gasteiger partial charge in [-0.05, 0) is 37.0 Å². The maximum absolute atomic E-state index is 12.1. The predicted octanol–water partition coefficient (Wildman–Crippen LogP) is 3.24. The van der Waals surface area contributed by atoms with Gasteiger partial charge in [0, 0.05) is 10.9 Å². The van der Waals surface area contributed by atoms with Crippen LogP contribution in [-0.4, -0.2) is 30.9 Å². The number of fused-ring (bicyclic) bond motifs is 1. The molecule has 1 N–H and O–H groups in total. The molecule has 1 aliphatic carbocycles. The van der Waals surface area contributed by atoms with Gasteiger partial charge in [-0.1, -0.05) is 19.8 Å². The highest BCUT2D eigenvalue weighted by Gasteiger charge is 2.22. The molecule has 22 heavy (non-hydrogen) atoms. The molecule has 0 bridgehead atoms. The molecule has 0 spiro atoms. The van der Waals surface area contributed by atoms with Crippen molar-refractivity contribution in [3.63, 3.8) is 0 Å². The summed E-state index contributed by atoms with van der Waals surface area (Å²) in [5.74, 6) is 2.73. The van der Waals surface area contributed by atoms with Crippen LogP contribution in [0.25, 0.3) is 0 Å². The van der Waals surface area contributed by atoms with Crippen molar-refractivity contribution in [2.24, 2.45) is 5.92 Å². The van der Waals surface area contributed by atoms with E-state index in [0.29, 0.717) is 30.9 Å². The van der Waals surface area contributed by atoms with Gasteiger partial charge in [0.25, 0.3) is 0 Å². The predicted molar refractivity (Wildman–Crippen MR) is 87.7 cm³/mol. The number of hydrogen-bond donors (Lipinski definition) is 1. The van der Waals surface area contributed by atoms with Crippen LogP contribution in [0.2, 0.25) is 0 Å². The van der Waals surface area contributed by atoms with Gasteiger partial charge >= 0.3 is 0 Å². The fourth-order valence-electron chi connectivity index (χ4n) is 3.04. The smallest absolute Gasteiger partial charge is 0.230 e. The SMILES string of the molecule is C[C@H]1CCCC[C@@H]1NC(=O)CSc1ccc2c(c1)OCCO2. The van der Waals surface area contributed by atoms with Crippen molar-refractivity contribution >= 4 is 17.7 Å². The van der Waals surface area contributed by atoms with Gasteiger partial charge in [0.2, 0.25) is 5.91 Å². The zero-order chi connectivity index (χ0) is 15.4. The van der Waals surface area contributed by atoms with Crippen LogP contribution in [0.3, 0.4) is 0 Å². The maximum atomic E-state index is 12.1. The minimum absolute atomic E-state index is 0.124. The highest BCUT2D eigenvalue weighted by Crippen LogP contribution is 2.34. The van der Waals surface area contributed by atoms with Gasteiger partial charge in [-0.15, -0.1) is 11.8 Å². The van der Waals surface area contributed by atoms with Gasteiger partial charge in [0.05, 0.1) is 5.75 Å². The van der Waals surface area contributed by atoms with Crippen molar-refractivity contribution in [3.8, 4) is 11.5 Å². The second-order valence-electron chi connectivity index (χ2n) is 6.03. The van der Waals surface area contributed by atoms with Crippen LogP contribution >= 0.6 is 11.8 Å². The fraction of sp³-hybridized carbons (Fsp3) is 0.588. The molecule has 0 radical (unpaired) electrons. The molecule has 0 aromatic heterocycles. The van der Waals surface area contributed by atoms with Gasteiger partial charge in [0.1, 0.15) is 13.2 Å². The van der Waals surface area contributed by atoms with Crippen LogP contribution < -0.4 is 14.8 Å². The Labute approximate surface area is 135 Å². The van der Waals surface area contributed by atoms with E-state index in [0.717, 1.165) is 22.8 Å². The molecule has 5 heteroatoms. The first-order chi connectivity index (χ1) is 10.7. The Morgan fingerprint density at radius 3 is 2.82 bits per heavy atom. The maximum Gasteiger partial charge on any atom is 0.230 e. The molecular weight excluding hydrogens is 298 g/mol. The van der Waals surface area contributed by atoms with Crippen LogP contribution in [0.5, 0.6) is 11.5 Å². The average Bonchev–Trinajstić information content (AvgIpc) is 2.55. The first kappa shape index (κ1) is 15.5. The first-order valence-electron chi connectivity index (χ1n) is 8.04. The van der Waals surface area contributed by atoms with E-state index < -0.39 is 0 Å². The Morgan fingerprint density at radius 1 is 1.23 bits per heavy atom. The molecule has 1 aromatic rings. The number of rotatable bonds is 4. The number of nitrogens with one attached hydrogen (secondary N) is 1. The van der Waals surface area contributed by atoms with Crippen molar-refractivity contribution in [2.75, 3.05) is 19.0 Å². The van der Waals surface area contributed by atoms with Crippen molar-refractivity contribution in [1.82, 2.24) is 5.32 Å². The van der Waals surface area contributed by atoms with Crippen LogP contribution in [-0.2, 0) is 4.79 Å². The first-order valence-corrected chi connectivity index (χ1v) is 9.03. The second-order valence-corrected chi connectivity index (χ2v) is 7.08. The third-order valence-corrected chi connectivity index (χ3v) is 5.34. The standard InChI is InChI=1S/C17H23NO3S/c1-12-4-2-3-5-14(12)18-17(19)11-22-13-6-7-15-16(10-13)21-9-8-20-15/h6-7,10,12,14H,2-5,8-9,11H2,1H3,(H,18,19)/t12-,14-/m0/s1. The number of amides is 1. The lowest BCUT2D eigenvalue weighted by atomic mass is 9.86. The van der Waals surface area contributed by atoms with Crippen LogP contribution in [0.4, 0.5) is 0 Å². The van der Waals surface area contributed by atoms with Gasteiger partial charge < -0.3 is 14.8 Å². The van der Waals surface area contributed by atoms with Crippen molar-refractivity contribution in [3.05, 3.63) is 18.2 Å². The van der Waals surface area contributed by atoms with Gasteiger partial charge in [0.15, 0.2) is 11.5 Å². The summed E-state index contributed by atoms with van der Waals surface area (Å²) in [4.78, 5) is 13.2. The lowest BCUT2D eigenvalue weighted by molar-refractivity contribution is -0.119. The van der Waals surface area contributed by atoms with E-state index in [1.54, 1.807) is 11.8 Å². The largest absolute Gasteiger partial charge is 0.486 e. The molecule has 4 nitrogen and oxygen atoms in total. The van der Waals surface area contributed by atoms with E-state index in [4.69, 9.17) is 9.47 Å². The molecule has 0 saturated heterocycles. The zero-order valence-corrected chi connectivity index (χ0v) is 13.8. The number of carbonyl (C=O) groups excluding carboxylic acids is 1. The summed E-state index contributed by atoms with van der Waals surface area (Å²) < 4.78 is 11.1. The van der Waals surface area contributed by atoms with E-state index in [2.05, 4.69) is 12.2 Å². The number of thioether (sulfide) groups is 1. The molecular formula is C17H23NO3S. The number of hydrogen-bond acceptors (Lipinski definition) is 4. The minimum atomic E-state index is 0.124. The van der Waals surface area contributed by atoms with Crippen molar-refractivity contribution in [2.45, 2.75) is 43.5 Å². The quantitative estimate of drug-likeness (QED) is 0.865. The molecule has 2 aliphatic rings. The molecule has 2 atom stereocenters. The minimum Gasteiger partial charge on any atom is -0.486 e. The lowest BCUT2D eigenvalue weighted by Gasteiger charge is -2.29. The van der Waals surface area contributed by atoms with Crippen molar-refractivity contribution in [1.29, 1.82) is 0 Å². The molecule has 0 unspecified atom stereocenters. The Bertz CT molecular complexity index is 535. The summed E-state index contributed by atoms with van der Waals surface area (Å²) in [5.41, 5.74) is 0.